The first-order valence-electron chi connectivity index (χ1n) is 8.51. The van der Waals surface area contributed by atoms with E-state index in [0.29, 0.717) is 18.4 Å². The van der Waals surface area contributed by atoms with Gasteiger partial charge in [0.15, 0.2) is 0 Å². The number of nitrogens with two attached hydrogens (primary N) is 1. The summed E-state index contributed by atoms with van der Waals surface area (Å²) < 4.78 is 0. The normalized spacial score (nSPS) is 16.2. The average Bonchev–Trinajstić information content (AvgIpc) is 3.13. The first-order chi connectivity index (χ1) is 11.7. The van der Waals surface area contributed by atoms with Crippen LogP contribution in [0.2, 0.25) is 0 Å². The van der Waals surface area contributed by atoms with Gasteiger partial charge in [-0.2, -0.15) is 4.98 Å². The summed E-state index contributed by atoms with van der Waals surface area (Å²) in [6, 6.07) is 10.8. The summed E-state index contributed by atoms with van der Waals surface area (Å²) in [6.07, 6.45) is 2.60. The number of aliphatic hydroxyl groups excluding tert-OH is 1. The van der Waals surface area contributed by atoms with Gasteiger partial charge in [0, 0.05) is 24.2 Å². The highest BCUT2D eigenvalue weighted by Gasteiger charge is 2.19. The van der Waals surface area contributed by atoms with E-state index in [9.17, 15) is 0 Å². The van der Waals surface area contributed by atoms with Gasteiger partial charge in [-0.1, -0.05) is 24.3 Å². The highest BCUT2D eigenvalue weighted by atomic mass is 16.3. The van der Waals surface area contributed by atoms with Crippen LogP contribution in [0.4, 0.5) is 11.8 Å². The number of benzene rings is 1. The topological polar surface area (TPSA) is 87.3 Å². The second-order valence-electron chi connectivity index (χ2n) is 6.19. The lowest BCUT2D eigenvalue weighted by atomic mass is 10.0. The molecule has 0 saturated carbocycles. The predicted molar refractivity (Wildman–Crippen MR) is 96.7 cm³/mol. The Hall–Kier alpha value is -2.18. The molecule has 1 saturated heterocycles. The molecule has 1 aromatic heterocycles. The molecule has 2 aromatic rings. The lowest BCUT2D eigenvalue weighted by Crippen LogP contribution is -2.23. The van der Waals surface area contributed by atoms with Gasteiger partial charge in [-0.05, 0) is 38.4 Å². The van der Waals surface area contributed by atoms with Crippen molar-refractivity contribution in [3.05, 3.63) is 35.9 Å². The molecule has 0 spiro atoms. The molecular formula is C18H25N5O. The molecule has 2 heterocycles. The minimum atomic E-state index is 0.0440. The number of rotatable bonds is 6. The first-order valence-corrected chi connectivity index (χ1v) is 8.51. The number of aromatic nitrogens is 2. The van der Waals surface area contributed by atoms with E-state index < -0.39 is 0 Å². The van der Waals surface area contributed by atoms with Gasteiger partial charge in [0.25, 0.3) is 0 Å². The van der Waals surface area contributed by atoms with Crippen LogP contribution in [0.15, 0.2) is 30.3 Å². The monoisotopic (exact) mass is 327 g/mol. The summed E-state index contributed by atoms with van der Waals surface area (Å²) >= 11 is 0. The minimum absolute atomic E-state index is 0.0440. The van der Waals surface area contributed by atoms with Crippen molar-refractivity contribution in [3.63, 3.8) is 0 Å². The highest BCUT2D eigenvalue weighted by molar-refractivity contribution is 5.64. The number of nitrogens with zero attached hydrogens (tertiary/aromatic N) is 3. The van der Waals surface area contributed by atoms with E-state index in [1.807, 2.05) is 6.07 Å². The molecule has 3 rings (SSSR count). The van der Waals surface area contributed by atoms with E-state index in [1.165, 1.54) is 31.5 Å². The van der Waals surface area contributed by atoms with E-state index in [-0.39, 0.29) is 12.6 Å². The maximum absolute atomic E-state index is 8.91. The second kappa shape index (κ2) is 7.59. The van der Waals surface area contributed by atoms with Gasteiger partial charge in [0.1, 0.15) is 5.82 Å². The third kappa shape index (κ3) is 3.83. The standard InChI is InChI=1S/C18H25N5O/c1-13(23-9-2-3-10-23)14-4-6-15(7-5-14)16-12-17(20-8-11-24)22-18(19)21-16/h4-7,12-13,24H,2-3,8-11H2,1H3,(H3,19,20,21,22). The number of hydrogen-bond donors (Lipinski definition) is 3. The van der Waals surface area contributed by atoms with Gasteiger partial charge < -0.3 is 16.2 Å². The molecule has 0 radical (unpaired) electrons. The number of likely N-dealkylation sites (tertiary alicyclic amines) is 1. The molecular weight excluding hydrogens is 302 g/mol. The summed E-state index contributed by atoms with van der Waals surface area (Å²) in [5.41, 5.74) is 8.91. The van der Waals surface area contributed by atoms with Crippen molar-refractivity contribution >= 4 is 11.8 Å². The van der Waals surface area contributed by atoms with Crippen molar-refractivity contribution in [3.8, 4) is 11.3 Å². The van der Waals surface area contributed by atoms with Crippen LogP contribution in [0.25, 0.3) is 11.3 Å². The van der Waals surface area contributed by atoms with E-state index >= 15 is 0 Å². The van der Waals surface area contributed by atoms with E-state index in [2.05, 4.69) is 51.4 Å². The maximum Gasteiger partial charge on any atom is 0.222 e. The Balaban J connectivity index is 1.78. The van der Waals surface area contributed by atoms with E-state index in [0.717, 1.165) is 11.3 Å². The molecule has 1 aliphatic heterocycles. The molecule has 1 aliphatic rings. The first kappa shape index (κ1) is 16.7. The molecule has 1 atom stereocenters. The van der Waals surface area contributed by atoms with Gasteiger partial charge in [-0.3, -0.25) is 4.90 Å². The zero-order valence-electron chi connectivity index (χ0n) is 14.1. The van der Waals surface area contributed by atoms with E-state index in [4.69, 9.17) is 10.8 Å². The van der Waals surface area contributed by atoms with Crippen molar-refractivity contribution in [2.75, 3.05) is 37.3 Å². The minimum Gasteiger partial charge on any atom is -0.395 e. The van der Waals surface area contributed by atoms with Gasteiger partial charge in [0.05, 0.1) is 12.3 Å². The molecule has 1 fully saturated rings. The summed E-state index contributed by atoms with van der Waals surface area (Å²) in [5.74, 6) is 0.850. The fourth-order valence-electron chi connectivity index (χ4n) is 3.16. The van der Waals surface area contributed by atoms with Crippen molar-refractivity contribution in [2.24, 2.45) is 0 Å². The summed E-state index contributed by atoms with van der Waals surface area (Å²) in [6.45, 7) is 5.11. The third-order valence-electron chi connectivity index (χ3n) is 4.54. The lowest BCUT2D eigenvalue weighted by molar-refractivity contribution is 0.263. The van der Waals surface area contributed by atoms with Crippen LogP contribution >= 0.6 is 0 Å². The number of hydrogen-bond acceptors (Lipinski definition) is 6. The van der Waals surface area contributed by atoms with Crippen molar-refractivity contribution in [1.82, 2.24) is 14.9 Å². The SMILES string of the molecule is CC(c1ccc(-c2cc(NCCO)nc(N)n2)cc1)N1CCCC1. The van der Waals surface area contributed by atoms with Crippen LogP contribution in [0.5, 0.6) is 0 Å². The Bertz CT molecular complexity index is 668. The van der Waals surface area contributed by atoms with Gasteiger partial charge in [0.2, 0.25) is 5.95 Å². The Kier molecular flexibility index (Phi) is 5.27. The fraction of sp³-hybridized carbons (Fsp3) is 0.444. The Morgan fingerprint density at radius 2 is 1.92 bits per heavy atom. The van der Waals surface area contributed by atoms with Crippen LogP contribution in [-0.2, 0) is 0 Å². The zero-order valence-corrected chi connectivity index (χ0v) is 14.1. The second-order valence-corrected chi connectivity index (χ2v) is 6.19. The number of nitrogen functional groups attached to an aromatic ring is 1. The molecule has 6 heteroatoms. The van der Waals surface area contributed by atoms with Crippen molar-refractivity contribution in [2.45, 2.75) is 25.8 Å². The smallest absolute Gasteiger partial charge is 0.222 e. The van der Waals surface area contributed by atoms with Crippen molar-refractivity contribution < 1.29 is 5.11 Å². The number of nitrogens with one attached hydrogen (secondary N) is 1. The maximum atomic E-state index is 8.91. The molecule has 1 unspecified atom stereocenters. The van der Waals surface area contributed by atoms with Gasteiger partial charge >= 0.3 is 0 Å². The molecule has 128 valence electrons. The molecule has 24 heavy (non-hydrogen) atoms. The van der Waals surface area contributed by atoms with Crippen LogP contribution < -0.4 is 11.1 Å². The molecule has 0 aliphatic carbocycles. The molecule has 0 bridgehead atoms. The largest absolute Gasteiger partial charge is 0.395 e. The zero-order chi connectivity index (χ0) is 16.9. The molecule has 0 amide bonds. The molecule has 4 N–H and O–H groups in total. The van der Waals surface area contributed by atoms with Gasteiger partial charge in [-0.15, -0.1) is 0 Å². The van der Waals surface area contributed by atoms with Crippen LogP contribution in [0.1, 0.15) is 31.4 Å². The Labute approximate surface area is 142 Å². The highest BCUT2D eigenvalue weighted by Crippen LogP contribution is 2.27. The summed E-state index contributed by atoms with van der Waals surface area (Å²) in [5, 5.41) is 11.9. The average molecular weight is 327 g/mol. The Morgan fingerprint density at radius 3 is 2.58 bits per heavy atom. The van der Waals surface area contributed by atoms with E-state index in [1.54, 1.807) is 0 Å². The van der Waals surface area contributed by atoms with Crippen LogP contribution in [0.3, 0.4) is 0 Å². The molecule has 6 nitrogen and oxygen atoms in total. The quantitative estimate of drug-likeness (QED) is 0.754. The Morgan fingerprint density at radius 1 is 1.21 bits per heavy atom. The van der Waals surface area contributed by atoms with Crippen LogP contribution in [-0.4, -0.2) is 46.2 Å². The number of aliphatic hydroxyl groups is 1. The molecule has 1 aromatic carbocycles. The third-order valence-corrected chi connectivity index (χ3v) is 4.54. The lowest BCUT2D eigenvalue weighted by Gasteiger charge is -2.24. The summed E-state index contributed by atoms with van der Waals surface area (Å²) in [4.78, 5) is 11.0. The fourth-order valence-corrected chi connectivity index (χ4v) is 3.16. The van der Waals surface area contributed by atoms with Crippen LogP contribution in [0, 0.1) is 0 Å². The predicted octanol–water partition coefficient (Wildman–Crippen LogP) is 2.29. The number of anilines is 2. The summed E-state index contributed by atoms with van der Waals surface area (Å²) in [7, 11) is 0. The van der Waals surface area contributed by atoms with Crippen molar-refractivity contribution in [1.29, 1.82) is 0 Å². The van der Waals surface area contributed by atoms with Gasteiger partial charge in [-0.25, -0.2) is 4.98 Å².